The lowest BCUT2D eigenvalue weighted by Gasteiger charge is -2.26. The van der Waals surface area contributed by atoms with Gasteiger partial charge in [0, 0.05) is 31.1 Å². The molecule has 1 unspecified atom stereocenters. The molecule has 2 atom stereocenters. The van der Waals surface area contributed by atoms with Gasteiger partial charge in [-0.3, -0.25) is 0 Å². The number of hydrogen-bond acceptors (Lipinski definition) is 5. The SMILES string of the molecule is C[C@H](Cc1cc(C#N)c2c(c1)CCN2CCCOCc1ccccc1)N[S+]([O-])C(C)(C)C. The Morgan fingerprint density at radius 2 is 1.97 bits per heavy atom. The summed E-state index contributed by atoms with van der Waals surface area (Å²) in [5, 5.41) is 9.80. The molecule has 0 fully saturated rings. The third kappa shape index (κ3) is 6.73. The molecule has 3 rings (SSSR count). The Bertz CT molecular complexity index is 921. The quantitative estimate of drug-likeness (QED) is 0.423. The van der Waals surface area contributed by atoms with Crippen LogP contribution in [0.5, 0.6) is 0 Å². The maximum atomic E-state index is 12.4. The number of nitrogens with one attached hydrogen (secondary N) is 1. The molecule has 6 heteroatoms. The molecule has 1 heterocycles. The van der Waals surface area contributed by atoms with Crippen LogP contribution in [0.1, 0.15) is 56.4 Å². The summed E-state index contributed by atoms with van der Waals surface area (Å²) >= 11 is -1.11. The van der Waals surface area contributed by atoms with Gasteiger partial charge >= 0.3 is 0 Å². The van der Waals surface area contributed by atoms with Crippen molar-refractivity contribution in [3.8, 4) is 6.07 Å². The Hall–Kier alpha value is -2.04. The van der Waals surface area contributed by atoms with E-state index in [0.717, 1.165) is 49.2 Å². The summed E-state index contributed by atoms with van der Waals surface area (Å²) in [5.74, 6) is 0. The van der Waals surface area contributed by atoms with Crippen molar-refractivity contribution in [2.24, 2.45) is 0 Å². The van der Waals surface area contributed by atoms with E-state index >= 15 is 0 Å². The lowest BCUT2D eigenvalue weighted by atomic mass is 9.99. The lowest BCUT2D eigenvalue weighted by molar-refractivity contribution is 0.119. The van der Waals surface area contributed by atoms with Crippen LogP contribution in [-0.2, 0) is 35.5 Å². The highest BCUT2D eigenvalue weighted by Crippen LogP contribution is 2.33. The average Bonchev–Trinajstić information content (AvgIpc) is 3.15. The molecular weight excluding hydrogens is 418 g/mol. The summed E-state index contributed by atoms with van der Waals surface area (Å²) in [6, 6.07) is 16.9. The van der Waals surface area contributed by atoms with E-state index < -0.39 is 11.4 Å². The molecule has 0 saturated carbocycles. The first-order chi connectivity index (χ1) is 15.3. The molecule has 0 aromatic heterocycles. The Morgan fingerprint density at radius 3 is 2.66 bits per heavy atom. The van der Waals surface area contributed by atoms with Gasteiger partial charge < -0.3 is 14.2 Å². The summed E-state index contributed by atoms with van der Waals surface area (Å²) in [5.41, 5.74) is 5.38. The van der Waals surface area contributed by atoms with Gasteiger partial charge in [-0.25, -0.2) is 0 Å². The second-order valence-electron chi connectivity index (χ2n) is 9.50. The number of nitrogens with zero attached hydrogens (tertiary/aromatic N) is 2. The highest BCUT2D eigenvalue weighted by atomic mass is 32.2. The van der Waals surface area contributed by atoms with Gasteiger partial charge in [0.05, 0.1) is 23.9 Å². The molecule has 2 aromatic rings. The molecule has 0 amide bonds. The monoisotopic (exact) mass is 453 g/mol. The fraction of sp³-hybridized carbons (Fsp3) is 0.500. The summed E-state index contributed by atoms with van der Waals surface area (Å²) in [6.07, 6.45) is 2.63. The smallest absolute Gasteiger partial charge is 0.136 e. The van der Waals surface area contributed by atoms with Gasteiger partial charge in [0.1, 0.15) is 10.8 Å². The summed E-state index contributed by atoms with van der Waals surface area (Å²) in [6.45, 7) is 11.1. The summed E-state index contributed by atoms with van der Waals surface area (Å²) in [7, 11) is 0. The third-order valence-corrected chi connectivity index (χ3v) is 7.30. The first kappa shape index (κ1) is 24.6. The van der Waals surface area contributed by atoms with Gasteiger partial charge in [-0.15, -0.1) is 4.72 Å². The minimum absolute atomic E-state index is 0.0684. The van der Waals surface area contributed by atoms with E-state index in [1.54, 1.807) is 0 Å². The standard InChI is InChI=1S/C26H35N3O2S/c1-20(28-32(30)26(2,3)4)15-22-16-23-11-13-29(25(23)24(17-22)18-27)12-8-14-31-19-21-9-6-5-7-10-21/h5-7,9-10,16-17,20,28H,8,11-15,19H2,1-4H3/t20-,32?/m1/s1. The molecule has 2 aromatic carbocycles. The van der Waals surface area contributed by atoms with Crippen LogP contribution in [0.4, 0.5) is 5.69 Å². The van der Waals surface area contributed by atoms with E-state index in [1.165, 1.54) is 11.1 Å². The zero-order valence-electron chi connectivity index (χ0n) is 19.7. The van der Waals surface area contributed by atoms with Crippen molar-refractivity contribution in [1.29, 1.82) is 5.26 Å². The number of benzene rings is 2. The number of anilines is 1. The number of hydrogen-bond donors (Lipinski definition) is 1. The van der Waals surface area contributed by atoms with Crippen molar-refractivity contribution in [3.05, 3.63) is 64.7 Å². The molecule has 1 N–H and O–H groups in total. The fourth-order valence-electron chi connectivity index (χ4n) is 3.99. The Labute approximate surface area is 196 Å². The van der Waals surface area contributed by atoms with Crippen molar-refractivity contribution in [1.82, 2.24) is 4.72 Å². The molecule has 5 nitrogen and oxygen atoms in total. The highest BCUT2D eigenvalue weighted by molar-refractivity contribution is 7.90. The van der Waals surface area contributed by atoms with E-state index in [1.807, 2.05) is 52.0 Å². The predicted octanol–water partition coefficient (Wildman–Crippen LogP) is 4.51. The Morgan fingerprint density at radius 1 is 1.22 bits per heavy atom. The molecule has 32 heavy (non-hydrogen) atoms. The molecule has 0 aliphatic carbocycles. The van der Waals surface area contributed by atoms with Crippen molar-refractivity contribution >= 4 is 17.0 Å². The van der Waals surface area contributed by atoms with Crippen molar-refractivity contribution < 1.29 is 9.29 Å². The molecule has 0 radical (unpaired) electrons. The molecule has 1 aliphatic heterocycles. The van der Waals surface area contributed by atoms with E-state index in [-0.39, 0.29) is 10.8 Å². The average molecular weight is 454 g/mol. The molecule has 0 spiro atoms. The van der Waals surface area contributed by atoms with Gasteiger partial charge in [-0.05, 0) is 69.7 Å². The second-order valence-corrected chi connectivity index (χ2v) is 11.5. The van der Waals surface area contributed by atoms with Gasteiger partial charge in [0.2, 0.25) is 0 Å². The Balaban J connectivity index is 1.55. The van der Waals surface area contributed by atoms with Crippen LogP contribution in [-0.4, -0.2) is 35.0 Å². The lowest BCUT2D eigenvalue weighted by Crippen LogP contribution is -2.44. The molecule has 0 bridgehead atoms. The van der Waals surface area contributed by atoms with Crippen LogP contribution in [0, 0.1) is 11.3 Å². The second kappa shape index (κ2) is 11.2. The number of ether oxygens (including phenoxy) is 1. The largest absolute Gasteiger partial charge is 0.598 e. The van der Waals surface area contributed by atoms with Gasteiger partial charge in [-0.2, -0.15) is 5.26 Å². The predicted molar refractivity (Wildman–Crippen MR) is 132 cm³/mol. The molecule has 0 saturated heterocycles. The third-order valence-electron chi connectivity index (χ3n) is 5.57. The first-order valence-corrected chi connectivity index (χ1v) is 12.5. The van der Waals surface area contributed by atoms with E-state index in [2.05, 4.69) is 33.9 Å². The summed E-state index contributed by atoms with van der Waals surface area (Å²) in [4.78, 5) is 2.32. The number of rotatable bonds is 10. The summed E-state index contributed by atoms with van der Waals surface area (Å²) < 4.78 is 21.1. The van der Waals surface area contributed by atoms with Crippen molar-refractivity contribution in [3.63, 3.8) is 0 Å². The van der Waals surface area contributed by atoms with E-state index in [0.29, 0.717) is 13.2 Å². The van der Waals surface area contributed by atoms with Gasteiger partial charge in [-0.1, -0.05) is 36.4 Å². The minimum Gasteiger partial charge on any atom is -0.598 e. The van der Waals surface area contributed by atoms with Gasteiger partial charge in [0.15, 0.2) is 0 Å². The normalized spacial score (nSPS) is 15.3. The molecule has 1 aliphatic rings. The molecular formula is C26H35N3O2S. The van der Waals surface area contributed by atoms with Crippen LogP contribution in [0.3, 0.4) is 0 Å². The molecule has 172 valence electrons. The minimum atomic E-state index is -1.11. The van der Waals surface area contributed by atoms with Crippen molar-refractivity contribution in [2.75, 3.05) is 24.6 Å². The van der Waals surface area contributed by atoms with Crippen LogP contribution in [0.25, 0.3) is 0 Å². The maximum absolute atomic E-state index is 12.4. The van der Waals surface area contributed by atoms with Crippen LogP contribution in [0.2, 0.25) is 0 Å². The topological polar surface area (TPSA) is 71.4 Å². The van der Waals surface area contributed by atoms with Crippen LogP contribution < -0.4 is 9.62 Å². The van der Waals surface area contributed by atoms with Gasteiger partial charge in [0.25, 0.3) is 0 Å². The van der Waals surface area contributed by atoms with E-state index in [4.69, 9.17) is 4.74 Å². The number of fused-ring (bicyclic) bond motifs is 1. The maximum Gasteiger partial charge on any atom is 0.136 e. The van der Waals surface area contributed by atoms with Crippen LogP contribution in [0.15, 0.2) is 42.5 Å². The number of nitriles is 1. The highest BCUT2D eigenvalue weighted by Gasteiger charge is 2.28. The Kier molecular flexibility index (Phi) is 8.61. The fourth-order valence-corrected chi connectivity index (χ4v) is 4.80. The van der Waals surface area contributed by atoms with E-state index in [9.17, 15) is 9.81 Å². The van der Waals surface area contributed by atoms with Crippen molar-refractivity contribution in [2.45, 2.75) is 64.4 Å². The van der Waals surface area contributed by atoms with Crippen LogP contribution >= 0.6 is 0 Å². The zero-order valence-corrected chi connectivity index (χ0v) is 20.5. The first-order valence-electron chi connectivity index (χ1n) is 11.4. The zero-order chi connectivity index (χ0) is 23.1.